The van der Waals surface area contributed by atoms with Crippen LogP contribution >= 0.6 is 8.08 Å². The summed E-state index contributed by atoms with van der Waals surface area (Å²) in [5.41, 5.74) is 4.52. The molecule has 4 heteroatoms. The summed E-state index contributed by atoms with van der Waals surface area (Å²) in [7, 11) is -0.711. The highest BCUT2D eigenvalue weighted by Crippen LogP contribution is 1.62. The Morgan fingerprint density at radius 1 is 1.83 bits per heavy atom. The van der Waals surface area contributed by atoms with Crippen LogP contribution in [0.4, 0.5) is 0 Å². The Labute approximate surface area is 36.0 Å². The van der Waals surface area contributed by atoms with Crippen molar-refractivity contribution in [3.05, 3.63) is 0 Å². The van der Waals surface area contributed by atoms with Gasteiger partial charge >= 0.3 is 0 Å². The van der Waals surface area contributed by atoms with Crippen molar-refractivity contribution < 1.29 is 9.36 Å². The molecule has 0 aliphatic rings. The van der Waals surface area contributed by atoms with Crippen molar-refractivity contribution in [2.24, 2.45) is 5.73 Å². The molecule has 0 aliphatic carbocycles. The molecule has 2 N–H and O–H groups in total. The van der Waals surface area contributed by atoms with Crippen LogP contribution in [0.2, 0.25) is 0 Å². The molecule has 0 bridgehead atoms. The Morgan fingerprint density at radius 2 is 2.33 bits per heavy atom. The van der Waals surface area contributed by atoms with E-state index in [1.54, 1.807) is 0 Å². The maximum Gasteiger partial charge on any atom is 0.248 e. The molecule has 1 unspecified atom stereocenters. The summed E-state index contributed by atoms with van der Waals surface area (Å²) in [6.45, 7) is 0. The lowest BCUT2D eigenvalue weighted by Crippen LogP contribution is -2.09. The summed E-state index contributed by atoms with van der Waals surface area (Å²) in [5, 5.41) is 0. The monoisotopic (exact) mass is 105 g/mol. The van der Waals surface area contributed by atoms with Crippen LogP contribution in [0.25, 0.3) is 0 Å². The number of hydrogen-bond acceptors (Lipinski definition) is 2. The number of hydrogen-bond donors (Lipinski definition) is 1. The minimum Gasteiger partial charge on any atom is -0.366 e. The first-order valence-electron chi connectivity index (χ1n) is 1.27. The number of amides is 1. The van der Waals surface area contributed by atoms with E-state index in [1.807, 2.05) is 0 Å². The zero-order chi connectivity index (χ0) is 4.99. The predicted octanol–water partition coefficient (Wildman–Crippen LogP) is -0.702. The SMILES string of the molecule is NC(=O)C=[PH]=O. The second kappa shape index (κ2) is 2.67. The van der Waals surface area contributed by atoms with Crippen LogP contribution in [0, 0.1) is 0 Å². The minimum absolute atomic E-state index is 0.636. The van der Waals surface area contributed by atoms with E-state index in [-0.39, 0.29) is 0 Å². The Morgan fingerprint density at radius 3 is 2.33 bits per heavy atom. The first-order valence-corrected chi connectivity index (χ1v) is 2.26. The summed E-state index contributed by atoms with van der Waals surface area (Å²) >= 11 is 0. The highest BCUT2D eigenvalue weighted by atomic mass is 31.0. The molecule has 0 radical (unpaired) electrons. The lowest BCUT2D eigenvalue weighted by atomic mass is 10.8. The number of carbonyl (C=O) groups is 1. The molecule has 0 saturated carbocycles. The molecule has 0 saturated heterocycles. The average Bonchev–Trinajstić information content (AvgIpc) is 1.35. The van der Waals surface area contributed by atoms with Crippen molar-refractivity contribution in [2.45, 2.75) is 0 Å². The van der Waals surface area contributed by atoms with Crippen molar-refractivity contribution in [3.8, 4) is 0 Å². The summed E-state index contributed by atoms with van der Waals surface area (Å²) in [6, 6.07) is 0. The normalized spacial score (nSPS) is 8.00. The van der Waals surface area contributed by atoms with Crippen LogP contribution in [0.5, 0.6) is 0 Å². The van der Waals surface area contributed by atoms with Gasteiger partial charge in [0.05, 0.1) is 13.9 Å². The molecule has 1 amide bonds. The first-order chi connectivity index (χ1) is 2.77. The molecule has 0 rings (SSSR count). The second-order valence-electron chi connectivity index (χ2n) is 0.665. The van der Waals surface area contributed by atoms with Gasteiger partial charge < -0.3 is 5.73 Å². The van der Waals surface area contributed by atoms with E-state index in [0.29, 0.717) is 0 Å². The van der Waals surface area contributed by atoms with Gasteiger partial charge in [-0.2, -0.15) is 0 Å². The Kier molecular flexibility index (Phi) is 2.42. The molecule has 0 heterocycles. The largest absolute Gasteiger partial charge is 0.366 e. The van der Waals surface area contributed by atoms with Gasteiger partial charge in [0.2, 0.25) is 5.91 Å². The number of rotatable bonds is 1. The third-order valence-electron chi connectivity index (χ3n) is 0.201. The Bertz CT molecular complexity index is 104. The minimum atomic E-state index is -0.711. The van der Waals surface area contributed by atoms with E-state index < -0.39 is 14.0 Å². The maximum absolute atomic E-state index is 9.57. The van der Waals surface area contributed by atoms with E-state index in [1.165, 1.54) is 0 Å². The summed E-state index contributed by atoms with van der Waals surface area (Å²) in [6.07, 6.45) is 0. The standard InChI is InChI=1S/C2H4NO2P/c3-2(4)1-6-5/h1,6H,(H2,3,4). The van der Waals surface area contributed by atoms with E-state index in [0.717, 1.165) is 5.80 Å². The molecule has 0 aromatic carbocycles. The molecule has 34 valence electrons. The van der Waals surface area contributed by atoms with E-state index >= 15 is 0 Å². The molecule has 0 fully saturated rings. The van der Waals surface area contributed by atoms with Crippen LogP contribution in [-0.2, 0) is 9.36 Å². The highest BCUT2D eigenvalue weighted by molar-refractivity contribution is 7.28. The summed E-state index contributed by atoms with van der Waals surface area (Å²) in [5.74, 6) is 0.267. The Hall–Kier alpha value is -0.560. The van der Waals surface area contributed by atoms with E-state index in [9.17, 15) is 9.36 Å². The van der Waals surface area contributed by atoms with Gasteiger partial charge in [0.25, 0.3) is 0 Å². The van der Waals surface area contributed by atoms with Gasteiger partial charge in [-0.1, -0.05) is 0 Å². The van der Waals surface area contributed by atoms with Crippen molar-refractivity contribution in [1.82, 2.24) is 0 Å². The van der Waals surface area contributed by atoms with Gasteiger partial charge in [-0.25, -0.2) is 0 Å². The lowest BCUT2D eigenvalue weighted by Gasteiger charge is -1.64. The van der Waals surface area contributed by atoms with Crippen molar-refractivity contribution in [2.75, 3.05) is 0 Å². The third kappa shape index (κ3) is 3.44. The first kappa shape index (κ1) is 5.44. The van der Waals surface area contributed by atoms with Gasteiger partial charge in [-0.15, -0.1) is 0 Å². The van der Waals surface area contributed by atoms with Crippen LogP contribution in [0.1, 0.15) is 0 Å². The average molecular weight is 105 g/mol. The Balaban J connectivity index is 3.60. The number of primary amides is 1. The van der Waals surface area contributed by atoms with Gasteiger partial charge in [-0.05, 0) is 0 Å². The molecule has 1 atom stereocenters. The smallest absolute Gasteiger partial charge is 0.248 e. The van der Waals surface area contributed by atoms with E-state index in [4.69, 9.17) is 0 Å². The van der Waals surface area contributed by atoms with Gasteiger partial charge in [-0.3, -0.25) is 9.36 Å². The van der Waals surface area contributed by atoms with Crippen LogP contribution in [0.3, 0.4) is 0 Å². The fourth-order valence-electron chi connectivity index (χ4n) is 0.0581. The van der Waals surface area contributed by atoms with Crippen LogP contribution in [0.15, 0.2) is 0 Å². The third-order valence-corrected chi connectivity index (χ3v) is 0.604. The predicted molar refractivity (Wildman–Crippen MR) is 24.3 cm³/mol. The topological polar surface area (TPSA) is 60.2 Å². The lowest BCUT2D eigenvalue weighted by molar-refractivity contribution is -0.111. The molecule has 0 aromatic heterocycles. The molecular formula is C2H4NO2P. The zero-order valence-corrected chi connectivity index (χ0v) is 3.97. The summed E-state index contributed by atoms with van der Waals surface area (Å²) < 4.78 is 9.41. The van der Waals surface area contributed by atoms with Crippen LogP contribution in [-0.4, -0.2) is 11.7 Å². The molecule has 0 spiro atoms. The molecule has 6 heavy (non-hydrogen) atoms. The summed E-state index contributed by atoms with van der Waals surface area (Å²) in [4.78, 5) is 9.57. The fourth-order valence-corrected chi connectivity index (χ4v) is 0.174. The van der Waals surface area contributed by atoms with Crippen molar-refractivity contribution >= 4 is 19.8 Å². The highest BCUT2D eigenvalue weighted by Gasteiger charge is 1.73. The second-order valence-corrected chi connectivity index (χ2v) is 1.19. The molecular weight excluding hydrogens is 101 g/mol. The van der Waals surface area contributed by atoms with E-state index in [2.05, 4.69) is 5.73 Å². The quantitative estimate of drug-likeness (QED) is 0.448. The molecule has 0 aliphatic heterocycles. The molecule has 0 aromatic rings. The van der Waals surface area contributed by atoms with Gasteiger partial charge in [0.15, 0.2) is 0 Å². The number of carbonyl (C=O) groups excluding carboxylic acids is 1. The zero-order valence-electron chi connectivity index (χ0n) is 2.97. The van der Waals surface area contributed by atoms with Gasteiger partial charge in [0, 0.05) is 0 Å². The van der Waals surface area contributed by atoms with Crippen molar-refractivity contribution in [1.29, 1.82) is 0 Å². The maximum atomic E-state index is 9.57. The molecule has 3 nitrogen and oxygen atoms in total. The number of nitrogens with two attached hydrogens (primary N) is 1. The van der Waals surface area contributed by atoms with Crippen LogP contribution < -0.4 is 5.73 Å². The fraction of sp³-hybridized carbons (Fsp3) is 0. The van der Waals surface area contributed by atoms with Crippen molar-refractivity contribution in [3.63, 3.8) is 0 Å². The van der Waals surface area contributed by atoms with Gasteiger partial charge in [0.1, 0.15) is 0 Å².